The predicted molar refractivity (Wildman–Crippen MR) is 89.8 cm³/mol. The second-order valence-electron chi connectivity index (χ2n) is 4.51. The van der Waals surface area contributed by atoms with Crippen molar-refractivity contribution in [3.8, 4) is 11.3 Å². The molecule has 0 unspecified atom stereocenters. The molecule has 106 valence electrons. The zero-order valence-corrected chi connectivity index (χ0v) is 13.4. The van der Waals surface area contributed by atoms with Gasteiger partial charge in [-0.15, -0.1) is 11.3 Å². The van der Waals surface area contributed by atoms with Crippen LogP contribution in [0.4, 0.5) is 10.9 Å². The zero-order valence-electron chi connectivity index (χ0n) is 11.1. The van der Waals surface area contributed by atoms with Gasteiger partial charge in [-0.3, -0.25) is 0 Å². The average molecular weight is 336 g/mol. The lowest BCUT2D eigenvalue weighted by Crippen LogP contribution is -1.92. The molecule has 0 amide bonds. The van der Waals surface area contributed by atoms with Crippen LogP contribution in [0.1, 0.15) is 5.56 Å². The van der Waals surface area contributed by atoms with Crippen molar-refractivity contribution >= 4 is 45.5 Å². The fraction of sp³-hybridized carbons (Fsp3) is 0.0667. The highest BCUT2D eigenvalue weighted by molar-refractivity contribution is 7.14. The van der Waals surface area contributed by atoms with E-state index in [1.807, 2.05) is 42.8 Å². The maximum absolute atomic E-state index is 6.03. The average Bonchev–Trinajstić information content (AvgIpc) is 2.93. The summed E-state index contributed by atoms with van der Waals surface area (Å²) in [5.74, 6) is 0.774. The third-order valence-electron chi connectivity index (χ3n) is 2.87. The van der Waals surface area contributed by atoms with Gasteiger partial charge in [0.25, 0.3) is 0 Å². The normalized spacial score (nSPS) is 10.6. The molecule has 0 bridgehead atoms. The second kappa shape index (κ2) is 6.02. The highest BCUT2D eigenvalue weighted by Crippen LogP contribution is 2.31. The summed E-state index contributed by atoms with van der Waals surface area (Å²) in [4.78, 5) is 8.83. The summed E-state index contributed by atoms with van der Waals surface area (Å²) in [7, 11) is 0. The molecule has 1 N–H and O–H groups in total. The fourth-order valence-corrected chi connectivity index (χ4v) is 2.80. The minimum atomic E-state index is 0.525. The minimum absolute atomic E-state index is 0.525. The standard InChI is InChI=1S/C15H11Cl2N3S/c1-9-2-5-14(18-7-9)20-15-19-13(8-21-15)10-3-4-11(16)12(17)6-10/h2-8H,1H3,(H,18,19,20). The lowest BCUT2D eigenvalue weighted by molar-refractivity contribution is 1.25. The van der Waals surface area contributed by atoms with Crippen LogP contribution in [-0.2, 0) is 0 Å². The van der Waals surface area contributed by atoms with Crippen LogP contribution in [0.25, 0.3) is 11.3 Å². The molecule has 1 aromatic carbocycles. The van der Waals surface area contributed by atoms with Crippen molar-refractivity contribution < 1.29 is 0 Å². The van der Waals surface area contributed by atoms with E-state index in [0.29, 0.717) is 10.0 Å². The van der Waals surface area contributed by atoms with E-state index in [1.165, 1.54) is 11.3 Å². The van der Waals surface area contributed by atoms with Gasteiger partial charge in [0.1, 0.15) is 5.82 Å². The first-order valence-electron chi connectivity index (χ1n) is 6.22. The number of aromatic nitrogens is 2. The molecular formula is C15H11Cl2N3S. The van der Waals surface area contributed by atoms with Gasteiger partial charge in [0.15, 0.2) is 5.13 Å². The fourth-order valence-electron chi connectivity index (χ4n) is 1.77. The molecule has 0 saturated heterocycles. The minimum Gasteiger partial charge on any atom is -0.316 e. The van der Waals surface area contributed by atoms with Crippen molar-refractivity contribution in [2.45, 2.75) is 6.92 Å². The van der Waals surface area contributed by atoms with Crippen molar-refractivity contribution in [2.75, 3.05) is 5.32 Å². The molecule has 21 heavy (non-hydrogen) atoms. The van der Waals surface area contributed by atoms with Gasteiger partial charge in [-0.25, -0.2) is 9.97 Å². The second-order valence-corrected chi connectivity index (χ2v) is 6.19. The van der Waals surface area contributed by atoms with Crippen molar-refractivity contribution in [3.05, 3.63) is 57.5 Å². The van der Waals surface area contributed by atoms with Crippen molar-refractivity contribution in [1.29, 1.82) is 0 Å². The van der Waals surface area contributed by atoms with Gasteiger partial charge < -0.3 is 5.32 Å². The van der Waals surface area contributed by atoms with Crippen LogP contribution in [0.5, 0.6) is 0 Å². The molecule has 0 fully saturated rings. The number of hydrogen-bond acceptors (Lipinski definition) is 4. The van der Waals surface area contributed by atoms with Crippen LogP contribution in [-0.4, -0.2) is 9.97 Å². The third kappa shape index (κ3) is 3.35. The first-order chi connectivity index (χ1) is 10.1. The SMILES string of the molecule is Cc1ccc(Nc2nc(-c3ccc(Cl)c(Cl)c3)cs2)nc1. The van der Waals surface area contributed by atoms with E-state index in [4.69, 9.17) is 23.2 Å². The van der Waals surface area contributed by atoms with E-state index in [2.05, 4.69) is 15.3 Å². The molecule has 3 aromatic rings. The summed E-state index contributed by atoms with van der Waals surface area (Å²) in [6.45, 7) is 2.00. The molecule has 0 radical (unpaired) electrons. The molecule has 6 heteroatoms. The summed E-state index contributed by atoms with van der Waals surface area (Å²) in [5, 5.41) is 7.00. The third-order valence-corrected chi connectivity index (χ3v) is 4.36. The van der Waals surface area contributed by atoms with Crippen molar-refractivity contribution in [2.24, 2.45) is 0 Å². The lowest BCUT2D eigenvalue weighted by Gasteiger charge is -2.02. The van der Waals surface area contributed by atoms with Gasteiger partial charge in [-0.2, -0.15) is 0 Å². The Morgan fingerprint density at radius 1 is 1.10 bits per heavy atom. The Balaban J connectivity index is 1.82. The van der Waals surface area contributed by atoms with Crippen molar-refractivity contribution in [1.82, 2.24) is 9.97 Å². The number of benzene rings is 1. The largest absolute Gasteiger partial charge is 0.316 e. The number of nitrogens with zero attached hydrogens (tertiary/aromatic N) is 2. The van der Waals surface area contributed by atoms with Crippen LogP contribution < -0.4 is 5.32 Å². The van der Waals surface area contributed by atoms with Gasteiger partial charge in [0.05, 0.1) is 15.7 Å². The molecule has 0 aliphatic carbocycles. The number of rotatable bonds is 3. The number of aryl methyl sites for hydroxylation is 1. The van der Waals surface area contributed by atoms with E-state index in [0.717, 1.165) is 27.8 Å². The van der Waals surface area contributed by atoms with Gasteiger partial charge >= 0.3 is 0 Å². The summed E-state index contributed by atoms with van der Waals surface area (Å²) in [6.07, 6.45) is 1.82. The molecule has 0 aliphatic rings. The number of hydrogen-bond donors (Lipinski definition) is 1. The van der Waals surface area contributed by atoms with E-state index in [9.17, 15) is 0 Å². The summed E-state index contributed by atoms with van der Waals surface area (Å²) in [6, 6.07) is 9.41. The van der Waals surface area contributed by atoms with Gasteiger partial charge in [0.2, 0.25) is 0 Å². The molecule has 3 rings (SSSR count). The Morgan fingerprint density at radius 3 is 2.67 bits per heavy atom. The molecule has 0 saturated carbocycles. The van der Waals surface area contributed by atoms with E-state index in [1.54, 1.807) is 6.07 Å². The first-order valence-corrected chi connectivity index (χ1v) is 7.86. The Labute approximate surface area is 136 Å². The first kappa shape index (κ1) is 14.3. The quantitative estimate of drug-likeness (QED) is 0.680. The number of anilines is 2. The van der Waals surface area contributed by atoms with Gasteiger partial charge in [0, 0.05) is 17.1 Å². The summed E-state index contributed by atoms with van der Waals surface area (Å²) in [5.41, 5.74) is 2.91. The van der Waals surface area contributed by atoms with Crippen LogP contribution in [0, 0.1) is 6.92 Å². The highest BCUT2D eigenvalue weighted by Gasteiger charge is 2.07. The maximum atomic E-state index is 6.03. The molecular weight excluding hydrogens is 325 g/mol. The lowest BCUT2D eigenvalue weighted by atomic mass is 10.2. The van der Waals surface area contributed by atoms with Crippen LogP contribution in [0.2, 0.25) is 10.0 Å². The topological polar surface area (TPSA) is 37.8 Å². The van der Waals surface area contributed by atoms with Gasteiger partial charge in [-0.1, -0.05) is 35.3 Å². The van der Waals surface area contributed by atoms with E-state index >= 15 is 0 Å². The molecule has 0 atom stereocenters. The summed E-state index contributed by atoms with van der Waals surface area (Å²) < 4.78 is 0. The molecule has 2 heterocycles. The smallest absolute Gasteiger partial charge is 0.188 e. The molecule has 2 aromatic heterocycles. The Kier molecular flexibility index (Phi) is 4.10. The predicted octanol–water partition coefficient (Wildman–Crippen LogP) is 5.56. The zero-order chi connectivity index (χ0) is 14.8. The number of halogens is 2. The Hall–Kier alpha value is -1.62. The van der Waals surface area contributed by atoms with Crippen LogP contribution in [0.15, 0.2) is 41.9 Å². The Morgan fingerprint density at radius 2 is 1.95 bits per heavy atom. The number of thiazole rings is 1. The molecule has 0 spiro atoms. The Bertz CT molecular complexity index is 769. The summed E-state index contributed by atoms with van der Waals surface area (Å²) >= 11 is 13.5. The maximum Gasteiger partial charge on any atom is 0.188 e. The molecule has 3 nitrogen and oxygen atoms in total. The molecule has 0 aliphatic heterocycles. The number of pyridine rings is 1. The van der Waals surface area contributed by atoms with E-state index in [-0.39, 0.29) is 0 Å². The highest BCUT2D eigenvalue weighted by atomic mass is 35.5. The van der Waals surface area contributed by atoms with Crippen molar-refractivity contribution in [3.63, 3.8) is 0 Å². The van der Waals surface area contributed by atoms with E-state index < -0.39 is 0 Å². The van der Waals surface area contributed by atoms with Gasteiger partial charge in [-0.05, 0) is 30.7 Å². The van der Waals surface area contributed by atoms with Crippen LogP contribution >= 0.6 is 34.5 Å². The monoisotopic (exact) mass is 335 g/mol. The van der Waals surface area contributed by atoms with Crippen LogP contribution in [0.3, 0.4) is 0 Å². The number of nitrogens with one attached hydrogen (secondary N) is 1.